The van der Waals surface area contributed by atoms with Crippen molar-refractivity contribution in [1.29, 1.82) is 0 Å². The summed E-state index contributed by atoms with van der Waals surface area (Å²) in [6.07, 6.45) is 5.07. The molecule has 0 spiro atoms. The molecule has 0 aromatic heterocycles. The summed E-state index contributed by atoms with van der Waals surface area (Å²) in [5, 5.41) is 9.47. The molecule has 0 saturated heterocycles. The molecular formula is C15H18O2. The molecule has 0 unspecified atom stereocenters. The first-order valence-electron chi connectivity index (χ1n) is 6.15. The van der Waals surface area contributed by atoms with Crippen molar-refractivity contribution in [3.63, 3.8) is 0 Å². The third kappa shape index (κ3) is 2.83. The second-order valence-electron chi connectivity index (χ2n) is 4.70. The highest BCUT2D eigenvalue weighted by molar-refractivity contribution is 6.04. The van der Waals surface area contributed by atoms with Crippen LogP contribution in [-0.4, -0.2) is 17.0 Å². The molecule has 0 amide bonds. The normalized spacial score (nSPS) is 24.3. The van der Waals surface area contributed by atoms with Gasteiger partial charge < -0.3 is 5.11 Å². The molecule has 90 valence electrons. The molecule has 1 aromatic rings. The predicted octanol–water partition coefficient (Wildman–Crippen LogP) is 3.07. The van der Waals surface area contributed by atoms with E-state index >= 15 is 0 Å². The van der Waals surface area contributed by atoms with Crippen molar-refractivity contribution in [1.82, 2.24) is 0 Å². The molecule has 1 aliphatic carbocycles. The van der Waals surface area contributed by atoms with E-state index < -0.39 is 0 Å². The lowest BCUT2D eigenvalue weighted by molar-refractivity contribution is 0.104. The van der Waals surface area contributed by atoms with Crippen LogP contribution in [0, 0.1) is 0 Å². The maximum Gasteiger partial charge on any atom is 0.185 e. The second kappa shape index (κ2) is 5.28. The Labute approximate surface area is 102 Å². The van der Waals surface area contributed by atoms with E-state index in [1.54, 1.807) is 0 Å². The maximum atomic E-state index is 11.4. The fraction of sp³-hybridized carbons (Fsp3) is 0.400. The van der Waals surface area contributed by atoms with Crippen molar-refractivity contribution >= 4 is 5.78 Å². The number of aliphatic hydroxyl groups excluding tert-OH is 1. The van der Waals surface area contributed by atoms with Gasteiger partial charge in [-0.05, 0) is 43.2 Å². The van der Waals surface area contributed by atoms with Gasteiger partial charge in [-0.15, -0.1) is 0 Å². The van der Waals surface area contributed by atoms with Crippen molar-refractivity contribution in [3.8, 4) is 0 Å². The van der Waals surface area contributed by atoms with Gasteiger partial charge in [0.05, 0.1) is 6.10 Å². The molecule has 1 aliphatic rings. The minimum atomic E-state index is -0.118. The van der Waals surface area contributed by atoms with E-state index in [1.165, 1.54) is 11.6 Å². The Balaban J connectivity index is 2.07. The van der Waals surface area contributed by atoms with Gasteiger partial charge in [0.15, 0.2) is 5.78 Å². The zero-order chi connectivity index (χ0) is 12.3. The summed E-state index contributed by atoms with van der Waals surface area (Å²) in [4.78, 5) is 11.4. The van der Waals surface area contributed by atoms with Gasteiger partial charge in [-0.25, -0.2) is 0 Å². The van der Waals surface area contributed by atoms with Gasteiger partial charge >= 0.3 is 0 Å². The van der Waals surface area contributed by atoms with E-state index in [1.807, 2.05) is 24.3 Å². The monoisotopic (exact) mass is 230 g/mol. The number of hydrogen-bond donors (Lipinski definition) is 1. The van der Waals surface area contributed by atoms with E-state index in [4.69, 9.17) is 0 Å². The zero-order valence-corrected chi connectivity index (χ0v) is 9.93. The first-order valence-corrected chi connectivity index (χ1v) is 6.15. The number of rotatable bonds is 3. The third-order valence-electron chi connectivity index (χ3n) is 3.55. The van der Waals surface area contributed by atoms with E-state index in [0.29, 0.717) is 11.5 Å². The Morgan fingerprint density at radius 2 is 1.76 bits per heavy atom. The molecule has 2 rings (SSSR count). The molecule has 0 atom stereocenters. The van der Waals surface area contributed by atoms with Gasteiger partial charge in [0.1, 0.15) is 0 Å². The maximum absolute atomic E-state index is 11.4. The summed E-state index contributed by atoms with van der Waals surface area (Å²) in [6, 6.07) is 7.78. The first kappa shape index (κ1) is 12.1. The highest BCUT2D eigenvalue weighted by Gasteiger charge is 2.20. The second-order valence-corrected chi connectivity index (χ2v) is 4.70. The lowest BCUT2D eigenvalue weighted by atomic mass is 9.82. The molecule has 2 heteroatoms. The van der Waals surface area contributed by atoms with Gasteiger partial charge in [-0.3, -0.25) is 4.79 Å². The summed E-state index contributed by atoms with van der Waals surface area (Å²) in [5.74, 6) is 0.502. The molecule has 1 fully saturated rings. The zero-order valence-electron chi connectivity index (χ0n) is 9.93. The van der Waals surface area contributed by atoms with Gasteiger partial charge in [0.25, 0.3) is 0 Å². The molecule has 0 aliphatic heterocycles. The van der Waals surface area contributed by atoms with Crippen LogP contribution < -0.4 is 0 Å². The van der Waals surface area contributed by atoms with Crippen molar-refractivity contribution < 1.29 is 9.90 Å². The van der Waals surface area contributed by atoms with Crippen molar-refractivity contribution in [2.75, 3.05) is 0 Å². The minimum Gasteiger partial charge on any atom is -0.393 e. The van der Waals surface area contributed by atoms with Crippen LogP contribution >= 0.6 is 0 Å². The molecule has 0 radical (unpaired) electrons. The number of aliphatic hydroxyl groups is 1. The molecule has 0 heterocycles. The standard InChI is InChI=1S/C15H18O2/c1-2-15(17)13-5-3-11(4-6-13)12-7-9-14(16)10-8-12/h2-6,12,14,16H,1,7-10H2. The summed E-state index contributed by atoms with van der Waals surface area (Å²) in [7, 11) is 0. The van der Waals surface area contributed by atoms with Crippen LogP contribution in [0.25, 0.3) is 0 Å². The van der Waals surface area contributed by atoms with Crippen molar-refractivity contribution in [2.24, 2.45) is 0 Å². The predicted molar refractivity (Wildman–Crippen MR) is 68.2 cm³/mol. The Kier molecular flexibility index (Phi) is 3.75. The molecular weight excluding hydrogens is 212 g/mol. The van der Waals surface area contributed by atoms with Gasteiger partial charge in [0.2, 0.25) is 0 Å². The van der Waals surface area contributed by atoms with E-state index in [0.717, 1.165) is 25.7 Å². The van der Waals surface area contributed by atoms with Crippen LogP contribution in [0.5, 0.6) is 0 Å². The average molecular weight is 230 g/mol. The summed E-state index contributed by atoms with van der Waals surface area (Å²) >= 11 is 0. The Morgan fingerprint density at radius 3 is 2.29 bits per heavy atom. The summed E-state index contributed by atoms with van der Waals surface area (Å²) < 4.78 is 0. The minimum absolute atomic E-state index is 0.0318. The van der Waals surface area contributed by atoms with Crippen LogP contribution in [0.3, 0.4) is 0 Å². The fourth-order valence-electron chi connectivity index (χ4n) is 2.45. The van der Waals surface area contributed by atoms with Gasteiger partial charge in [0, 0.05) is 5.56 Å². The quantitative estimate of drug-likeness (QED) is 0.640. The van der Waals surface area contributed by atoms with Crippen LogP contribution in [0.15, 0.2) is 36.9 Å². The van der Waals surface area contributed by atoms with Gasteiger partial charge in [-0.1, -0.05) is 30.8 Å². The van der Waals surface area contributed by atoms with E-state index in [2.05, 4.69) is 6.58 Å². The van der Waals surface area contributed by atoms with Crippen LogP contribution in [0.1, 0.15) is 47.5 Å². The highest BCUT2D eigenvalue weighted by Crippen LogP contribution is 2.32. The van der Waals surface area contributed by atoms with Crippen LogP contribution in [0.2, 0.25) is 0 Å². The Bertz CT molecular complexity index is 397. The molecule has 2 nitrogen and oxygen atoms in total. The Hall–Kier alpha value is -1.41. The molecule has 1 saturated carbocycles. The molecule has 1 aromatic carbocycles. The SMILES string of the molecule is C=CC(=O)c1ccc(C2CCC(O)CC2)cc1. The summed E-state index contributed by atoms with van der Waals surface area (Å²) in [6.45, 7) is 3.48. The number of ketones is 1. The van der Waals surface area contributed by atoms with Gasteiger partial charge in [-0.2, -0.15) is 0 Å². The van der Waals surface area contributed by atoms with Crippen LogP contribution in [-0.2, 0) is 0 Å². The van der Waals surface area contributed by atoms with Crippen molar-refractivity contribution in [2.45, 2.75) is 37.7 Å². The number of carbonyl (C=O) groups is 1. The van der Waals surface area contributed by atoms with E-state index in [-0.39, 0.29) is 11.9 Å². The topological polar surface area (TPSA) is 37.3 Å². The first-order chi connectivity index (χ1) is 8.20. The number of hydrogen-bond acceptors (Lipinski definition) is 2. The molecule has 1 N–H and O–H groups in total. The molecule has 17 heavy (non-hydrogen) atoms. The number of benzene rings is 1. The third-order valence-corrected chi connectivity index (χ3v) is 3.55. The smallest absolute Gasteiger partial charge is 0.185 e. The average Bonchev–Trinajstić information content (AvgIpc) is 2.39. The Morgan fingerprint density at radius 1 is 1.18 bits per heavy atom. The molecule has 0 bridgehead atoms. The summed E-state index contributed by atoms with van der Waals surface area (Å²) in [5.41, 5.74) is 1.97. The number of allylic oxidation sites excluding steroid dienone is 1. The lowest BCUT2D eigenvalue weighted by Gasteiger charge is -2.25. The van der Waals surface area contributed by atoms with Crippen molar-refractivity contribution in [3.05, 3.63) is 48.0 Å². The number of carbonyl (C=O) groups excluding carboxylic acids is 1. The fourth-order valence-corrected chi connectivity index (χ4v) is 2.45. The van der Waals surface area contributed by atoms with E-state index in [9.17, 15) is 9.90 Å². The highest BCUT2D eigenvalue weighted by atomic mass is 16.3. The largest absolute Gasteiger partial charge is 0.393 e. The van der Waals surface area contributed by atoms with Crippen LogP contribution in [0.4, 0.5) is 0 Å². The lowest BCUT2D eigenvalue weighted by Crippen LogP contribution is -2.16.